The van der Waals surface area contributed by atoms with E-state index in [2.05, 4.69) is 65.6 Å². The van der Waals surface area contributed by atoms with Gasteiger partial charge in [-0.2, -0.15) is 0 Å². The summed E-state index contributed by atoms with van der Waals surface area (Å²) in [4.78, 5) is 14.0. The van der Waals surface area contributed by atoms with Gasteiger partial charge >= 0.3 is 0 Å². The number of fused-ring (bicyclic) bond motifs is 1. The molecule has 4 nitrogen and oxygen atoms in total. The molecular weight excluding hydrogens is 392 g/mol. The first-order valence-electron chi connectivity index (χ1n) is 10.8. The van der Waals surface area contributed by atoms with Crippen LogP contribution in [0.3, 0.4) is 0 Å². The second kappa shape index (κ2) is 8.98. The first-order chi connectivity index (χ1) is 15.8. The van der Waals surface area contributed by atoms with Crippen LogP contribution in [0.1, 0.15) is 22.3 Å². The number of pyridine rings is 3. The van der Waals surface area contributed by atoms with Crippen LogP contribution in [0.5, 0.6) is 0 Å². The summed E-state index contributed by atoms with van der Waals surface area (Å²) in [5.41, 5.74) is 13.6. The van der Waals surface area contributed by atoms with Crippen molar-refractivity contribution in [3.05, 3.63) is 120 Å². The Morgan fingerprint density at radius 2 is 1.38 bits per heavy atom. The minimum atomic E-state index is 0.441. The molecule has 0 amide bonds. The fourth-order valence-electron chi connectivity index (χ4n) is 4.10. The highest BCUT2D eigenvalue weighted by atomic mass is 14.9. The fourth-order valence-corrected chi connectivity index (χ4v) is 4.10. The van der Waals surface area contributed by atoms with Crippen LogP contribution >= 0.6 is 0 Å². The van der Waals surface area contributed by atoms with Crippen molar-refractivity contribution in [1.29, 1.82) is 0 Å². The van der Waals surface area contributed by atoms with E-state index in [-0.39, 0.29) is 0 Å². The number of hydrogen-bond donors (Lipinski definition) is 1. The van der Waals surface area contributed by atoms with Crippen molar-refractivity contribution >= 4 is 16.7 Å². The van der Waals surface area contributed by atoms with Gasteiger partial charge < -0.3 is 5.73 Å². The summed E-state index contributed by atoms with van der Waals surface area (Å²) in [7, 11) is 0. The number of rotatable bonds is 6. The summed E-state index contributed by atoms with van der Waals surface area (Å²) in [5.74, 6) is 0.441. The van der Waals surface area contributed by atoms with E-state index in [1.807, 2.05) is 30.5 Å². The number of aromatic nitrogens is 3. The quantitative estimate of drug-likeness (QED) is 0.388. The fraction of sp³-hybridized carbons (Fsp3) is 0.107. The van der Waals surface area contributed by atoms with Crippen LogP contribution in [0.15, 0.2) is 97.3 Å². The molecule has 0 aliphatic rings. The summed E-state index contributed by atoms with van der Waals surface area (Å²) >= 11 is 0. The van der Waals surface area contributed by atoms with E-state index in [1.165, 1.54) is 16.7 Å². The lowest BCUT2D eigenvalue weighted by Crippen LogP contribution is -2.03. The van der Waals surface area contributed by atoms with Gasteiger partial charge in [-0.3, -0.25) is 4.98 Å². The molecule has 0 radical (unpaired) electrons. The zero-order valence-corrected chi connectivity index (χ0v) is 17.8. The maximum Gasteiger partial charge on any atom is 0.149 e. The molecule has 5 rings (SSSR count). The van der Waals surface area contributed by atoms with E-state index in [4.69, 9.17) is 15.7 Å². The van der Waals surface area contributed by atoms with E-state index >= 15 is 0 Å². The molecular formula is C28H24N4. The molecule has 0 aliphatic heterocycles. The van der Waals surface area contributed by atoms with Gasteiger partial charge in [0.05, 0.1) is 11.4 Å². The molecule has 4 heteroatoms. The standard InChI is InChI=1S/C28H24N4/c29-28-27-23(15-17-31-28)19-24(18-21-10-5-2-6-11-21)26(32-27)25-22(12-7-16-30-25)14-13-20-8-3-1-4-9-20/h1-12,15-17,19H,13-14,18H2,(H2,29,31). The topological polar surface area (TPSA) is 64.7 Å². The second-order valence-corrected chi connectivity index (χ2v) is 7.92. The number of nitrogens with two attached hydrogens (primary N) is 1. The number of benzene rings is 2. The lowest BCUT2D eigenvalue weighted by Gasteiger charge is -2.14. The molecule has 2 N–H and O–H groups in total. The van der Waals surface area contributed by atoms with Crippen molar-refractivity contribution in [2.24, 2.45) is 0 Å². The molecule has 3 heterocycles. The molecule has 3 aromatic heterocycles. The number of aryl methyl sites for hydroxylation is 2. The minimum absolute atomic E-state index is 0.441. The van der Waals surface area contributed by atoms with Gasteiger partial charge in [0.2, 0.25) is 0 Å². The van der Waals surface area contributed by atoms with Gasteiger partial charge in [-0.05, 0) is 59.7 Å². The Morgan fingerprint density at radius 3 is 2.16 bits per heavy atom. The van der Waals surface area contributed by atoms with Crippen molar-refractivity contribution in [3.63, 3.8) is 0 Å². The number of anilines is 1. The van der Waals surface area contributed by atoms with Gasteiger partial charge in [0.25, 0.3) is 0 Å². The lowest BCUT2D eigenvalue weighted by molar-refractivity contribution is 0.949. The van der Waals surface area contributed by atoms with Crippen molar-refractivity contribution in [3.8, 4) is 11.4 Å². The van der Waals surface area contributed by atoms with E-state index in [9.17, 15) is 0 Å². The molecule has 0 aliphatic carbocycles. The summed E-state index contributed by atoms with van der Waals surface area (Å²) in [6, 6.07) is 29.3. The van der Waals surface area contributed by atoms with Gasteiger partial charge in [-0.15, -0.1) is 0 Å². The number of hydrogen-bond acceptors (Lipinski definition) is 4. The molecule has 0 unspecified atom stereocenters. The third kappa shape index (κ3) is 4.21. The Morgan fingerprint density at radius 1 is 0.625 bits per heavy atom. The number of nitrogen functional groups attached to an aromatic ring is 1. The van der Waals surface area contributed by atoms with Crippen molar-refractivity contribution in [2.45, 2.75) is 19.3 Å². The molecule has 5 aromatic rings. The first kappa shape index (κ1) is 19.9. The van der Waals surface area contributed by atoms with Crippen molar-refractivity contribution in [1.82, 2.24) is 15.0 Å². The molecule has 0 bridgehead atoms. The predicted molar refractivity (Wildman–Crippen MR) is 130 cm³/mol. The van der Waals surface area contributed by atoms with E-state index in [1.54, 1.807) is 6.20 Å². The predicted octanol–water partition coefficient (Wildman–Crippen LogP) is 5.65. The molecule has 0 atom stereocenters. The Hall–Kier alpha value is -4.05. The molecule has 2 aromatic carbocycles. The van der Waals surface area contributed by atoms with Crippen LogP contribution in [0, 0.1) is 0 Å². The normalized spacial score (nSPS) is 11.0. The Kier molecular flexibility index (Phi) is 5.58. The third-order valence-corrected chi connectivity index (χ3v) is 5.72. The maximum absolute atomic E-state index is 6.18. The summed E-state index contributed by atoms with van der Waals surface area (Å²) in [6.45, 7) is 0. The smallest absolute Gasteiger partial charge is 0.149 e. The van der Waals surface area contributed by atoms with Gasteiger partial charge in [-0.1, -0.05) is 66.7 Å². The van der Waals surface area contributed by atoms with Crippen LogP contribution < -0.4 is 5.73 Å². The largest absolute Gasteiger partial charge is 0.382 e. The summed E-state index contributed by atoms with van der Waals surface area (Å²) in [5, 5.41) is 0.994. The molecule has 0 fully saturated rings. The highest BCUT2D eigenvalue weighted by Gasteiger charge is 2.16. The average molecular weight is 417 g/mol. The van der Waals surface area contributed by atoms with Gasteiger partial charge in [-0.25, -0.2) is 9.97 Å². The highest BCUT2D eigenvalue weighted by Crippen LogP contribution is 2.30. The zero-order chi connectivity index (χ0) is 21.8. The Balaban J connectivity index is 1.61. The summed E-state index contributed by atoms with van der Waals surface area (Å²) in [6.07, 6.45) is 6.19. The third-order valence-electron chi connectivity index (χ3n) is 5.72. The van der Waals surface area contributed by atoms with Crippen molar-refractivity contribution < 1.29 is 0 Å². The van der Waals surface area contributed by atoms with Gasteiger partial charge in [0, 0.05) is 17.8 Å². The SMILES string of the molecule is Nc1nccc2cc(Cc3ccccc3)c(-c3ncccc3CCc3ccccc3)nc12. The van der Waals surface area contributed by atoms with E-state index in [0.717, 1.165) is 47.1 Å². The maximum atomic E-state index is 6.18. The van der Waals surface area contributed by atoms with Gasteiger partial charge in [0.15, 0.2) is 0 Å². The monoisotopic (exact) mass is 416 g/mol. The molecule has 0 saturated carbocycles. The van der Waals surface area contributed by atoms with Crippen LogP contribution in [0.25, 0.3) is 22.3 Å². The average Bonchev–Trinajstić information content (AvgIpc) is 2.84. The highest BCUT2D eigenvalue weighted by molar-refractivity contribution is 5.90. The van der Waals surface area contributed by atoms with Gasteiger partial charge in [0.1, 0.15) is 11.3 Å². The first-order valence-corrected chi connectivity index (χ1v) is 10.8. The number of nitrogens with zero attached hydrogens (tertiary/aromatic N) is 3. The van der Waals surface area contributed by atoms with E-state index in [0.29, 0.717) is 5.82 Å². The zero-order valence-electron chi connectivity index (χ0n) is 17.8. The van der Waals surface area contributed by atoms with Crippen LogP contribution in [0.2, 0.25) is 0 Å². The summed E-state index contributed by atoms with van der Waals surface area (Å²) < 4.78 is 0. The van der Waals surface area contributed by atoms with Crippen molar-refractivity contribution in [2.75, 3.05) is 5.73 Å². The minimum Gasteiger partial charge on any atom is -0.382 e. The second-order valence-electron chi connectivity index (χ2n) is 7.92. The molecule has 32 heavy (non-hydrogen) atoms. The molecule has 0 saturated heterocycles. The van der Waals surface area contributed by atoms with Crippen LogP contribution in [0.4, 0.5) is 5.82 Å². The van der Waals surface area contributed by atoms with Crippen LogP contribution in [-0.4, -0.2) is 15.0 Å². The Labute approximate surface area is 187 Å². The van der Waals surface area contributed by atoms with Crippen LogP contribution in [-0.2, 0) is 19.3 Å². The molecule has 0 spiro atoms. The molecule has 156 valence electrons. The lowest BCUT2D eigenvalue weighted by atomic mass is 9.96. The Bertz CT molecular complexity index is 1350. The van der Waals surface area contributed by atoms with E-state index < -0.39 is 0 Å².